The summed E-state index contributed by atoms with van der Waals surface area (Å²) in [7, 11) is 0. The summed E-state index contributed by atoms with van der Waals surface area (Å²) in [6.07, 6.45) is -3.44. The molecule has 0 spiro atoms. The maximum absolute atomic E-state index is 12.5. The Morgan fingerprint density at radius 3 is 2.57 bits per heavy atom. The first-order chi connectivity index (χ1) is 13.1. The van der Waals surface area contributed by atoms with Gasteiger partial charge in [-0.15, -0.1) is 13.2 Å². The van der Waals surface area contributed by atoms with Crippen LogP contribution >= 0.6 is 0 Å². The summed E-state index contributed by atoms with van der Waals surface area (Å²) in [6.45, 7) is 0. The second-order valence-corrected chi connectivity index (χ2v) is 5.90. The molecule has 3 rings (SSSR count). The van der Waals surface area contributed by atoms with Crippen molar-refractivity contribution in [3.05, 3.63) is 54.0 Å². The summed E-state index contributed by atoms with van der Waals surface area (Å²) in [5, 5.41) is 9.29. The number of halogens is 3. The van der Waals surface area contributed by atoms with E-state index in [2.05, 4.69) is 9.72 Å². The van der Waals surface area contributed by atoms with Gasteiger partial charge in [0.2, 0.25) is 0 Å². The number of aryl methyl sites for hydroxylation is 1. The van der Waals surface area contributed by atoms with Crippen molar-refractivity contribution >= 4 is 22.8 Å². The summed E-state index contributed by atoms with van der Waals surface area (Å²) in [5.41, 5.74) is 6.60. The Morgan fingerprint density at radius 2 is 1.93 bits per heavy atom. The van der Waals surface area contributed by atoms with E-state index in [1.807, 2.05) is 0 Å². The Balaban J connectivity index is 2.13. The minimum Gasteiger partial charge on any atom is -0.481 e. The van der Waals surface area contributed by atoms with Gasteiger partial charge >= 0.3 is 12.3 Å². The van der Waals surface area contributed by atoms with E-state index >= 15 is 0 Å². The molecule has 3 N–H and O–H groups in total. The molecule has 0 radical (unpaired) electrons. The molecular formula is C18H14F3N3O4. The van der Waals surface area contributed by atoms with Crippen LogP contribution in [0.5, 0.6) is 5.75 Å². The van der Waals surface area contributed by atoms with Crippen molar-refractivity contribution in [2.24, 2.45) is 5.73 Å². The van der Waals surface area contributed by atoms with Crippen molar-refractivity contribution in [1.82, 2.24) is 9.55 Å². The number of carboxylic acids is 1. The normalized spacial score (nSPS) is 11.5. The SMILES string of the molecule is NC(=O)c1cc2ccc(OC(F)(F)F)cc2n1-c1ccnc(CCC(=O)O)c1. The Labute approximate surface area is 156 Å². The van der Waals surface area contributed by atoms with E-state index in [9.17, 15) is 22.8 Å². The smallest absolute Gasteiger partial charge is 0.481 e. The quantitative estimate of drug-likeness (QED) is 0.669. The highest BCUT2D eigenvalue weighted by Crippen LogP contribution is 2.30. The monoisotopic (exact) mass is 393 g/mol. The number of nitrogens with two attached hydrogens (primary N) is 1. The number of alkyl halides is 3. The maximum Gasteiger partial charge on any atom is 0.573 e. The van der Waals surface area contributed by atoms with Crippen LogP contribution in [0.25, 0.3) is 16.6 Å². The van der Waals surface area contributed by atoms with Gasteiger partial charge in [-0.1, -0.05) is 0 Å². The van der Waals surface area contributed by atoms with E-state index in [0.29, 0.717) is 16.8 Å². The lowest BCUT2D eigenvalue weighted by molar-refractivity contribution is -0.274. The van der Waals surface area contributed by atoms with E-state index < -0.39 is 24.0 Å². The Bertz CT molecular complexity index is 1060. The second-order valence-electron chi connectivity index (χ2n) is 5.90. The summed E-state index contributed by atoms with van der Waals surface area (Å²) >= 11 is 0. The van der Waals surface area contributed by atoms with Gasteiger partial charge in [-0.2, -0.15) is 0 Å². The number of ether oxygens (including phenoxy) is 1. The van der Waals surface area contributed by atoms with E-state index in [1.54, 1.807) is 6.07 Å². The number of fused-ring (bicyclic) bond motifs is 1. The highest BCUT2D eigenvalue weighted by molar-refractivity contribution is 5.99. The van der Waals surface area contributed by atoms with Crippen LogP contribution in [-0.2, 0) is 11.2 Å². The highest BCUT2D eigenvalue weighted by atomic mass is 19.4. The average Bonchev–Trinajstić information content (AvgIpc) is 2.98. The topological polar surface area (TPSA) is 107 Å². The van der Waals surface area contributed by atoms with Crippen molar-refractivity contribution in [2.45, 2.75) is 19.2 Å². The van der Waals surface area contributed by atoms with E-state index in [1.165, 1.54) is 29.0 Å². The van der Waals surface area contributed by atoms with Crippen LogP contribution in [0.2, 0.25) is 0 Å². The third kappa shape index (κ3) is 4.22. The van der Waals surface area contributed by atoms with Crippen molar-refractivity contribution in [3.8, 4) is 11.4 Å². The Hall–Kier alpha value is -3.56. The molecule has 1 amide bonds. The Morgan fingerprint density at radius 1 is 1.18 bits per heavy atom. The lowest BCUT2D eigenvalue weighted by atomic mass is 10.2. The van der Waals surface area contributed by atoms with Crippen molar-refractivity contribution in [3.63, 3.8) is 0 Å². The number of pyridine rings is 1. The van der Waals surface area contributed by atoms with Crippen molar-refractivity contribution in [1.29, 1.82) is 0 Å². The molecule has 7 nitrogen and oxygen atoms in total. The number of hydrogen-bond donors (Lipinski definition) is 2. The average molecular weight is 393 g/mol. The first-order valence-electron chi connectivity index (χ1n) is 8.02. The molecule has 1 aromatic carbocycles. The molecule has 0 saturated carbocycles. The lowest BCUT2D eigenvalue weighted by Crippen LogP contribution is -2.17. The molecule has 28 heavy (non-hydrogen) atoms. The maximum atomic E-state index is 12.5. The highest BCUT2D eigenvalue weighted by Gasteiger charge is 2.31. The summed E-state index contributed by atoms with van der Waals surface area (Å²) in [6, 6.07) is 8.19. The Kier molecular flexibility index (Phi) is 4.95. The number of carbonyl (C=O) groups is 2. The number of amides is 1. The molecule has 0 saturated heterocycles. The number of benzene rings is 1. The molecule has 0 atom stereocenters. The lowest BCUT2D eigenvalue weighted by Gasteiger charge is -2.12. The molecule has 0 aliphatic rings. The first-order valence-corrected chi connectivity index (χ1v) is 8.02. The molecule has 0 fully saturated rings. The fraction of sp³-hybridized carbons (Fsp3) is 0.167. The number of carbonyl (C=O) groups excluding carboxylic acids is 1. The number of aromatic nitrogens is 2. The van der Waals surface area contributed by atoms with Gasteiger partial charge in [-0.3, -0.25) is 14.6 Å². The van der Waals surface area contributed by atoms with Gasteiger partial charge in [-0.05, 0) is 30.3 Å². The number of nitrogens with zero attached hydrogens (tertiary/aromatic N) is 2. The standard InChI is InChI=1S/C18H14F3N3O4/c19-18(20,21)28-13-3-1-10-7-15(17(22)27)24(14(10)9-13)12-5-6-23-11(8-12)2-4-16(25)26/h1,3,5-9H,2,4H2,(H2,22,27)(H,25,26). The predicted octanol–water partition coefficient (Wildman–Crippen LogP) is 3.04. The fourth-order valence-electron chi connectivity index (χ4n) is 2.81. The second kappa shape index (κ2) is 7.22. The number of primary amides is 1. The molecular weight excluding hydrogens is 379 g/mol. The molecule has 2 heterocycles. The minimum absolute atomic E-state index is 0.0505. The molecule has 0 bridgehead atoms. The molecule has 146 valence electrons. The van der Waals surface area contributed by atoms with Gasteiger partial charge in [0.25, 0.3) is 5.91 Å². The third-order valence-electron chi connectivity index (χ3n) is 3.92. The number of hydrogen-bond acceptors (Lipinski definition) is 4. The van der Waals surface area contributed by atoms with Gasteiger partial charge in [0, 0.05) is 35.5 Å². The van der Waals surface area contributed by atoms with Crippen LogP contribution in [0.4, 0.5) is 13.2 Å². The van der Waals surface area contributed by atoms with Crippen LogP contribution in [-0.4, -0.2) is 32.9 Å². The van der Waals surface area contributed by atoms with Crippen LogP contribution in [0.3, 0.4) is 0 Å². The molecule has 2 aromatic heterocycles. The summed E-state index contributed by atoms with van der Waals surface area (Å²) in [5.74, 6) is -2.22. The van der Waals surface area contributed by atoms with Gasteiger partial charge in [-0.25, -0.2) is 0 Å². The zero-order chi connectivity index (χ0) is 20.5. The van der Waals surface area contributed by atoms with E-state index in [-0.39, 0.29) is 24.1 Å². The van der Waals surface area contributed by atoms with Crippen LogP contribution < -0.4 is 10.5 Å². The van der Waals surface area contributed by atoms with Gasteiger partial charge in [0.1, 0.15) is 11.4 Å². The third-order valence-corrected chi connectivity index (χ3v) is 3.92. The zero-order valence-electron chi connectivity index (χ0n) is 14.2. The molecule has 10 heteroatoms. The summed E-state index contributed by atoms with van der Waals surface area (Å²) in [4.78, 5) is 26.7. The molecule has 0 unspecified atom stereocenters. The predicted molar refractivity (Wildman–Crippen MR) is 92.2 cm³/mol. The van der Waals surface area contributed by atoms with Crippen LogP contribution in [0.15, 0.2) is 42.6 Å². The van der Waals surface area contributed by atoms with Gasteiger partial charge < -0.3 is 20.1 Å². The fourth-order valence-corrected chi connectivity index (χ4v) is 2.81. The molecule has 0 aliphatic heterocycles. The van der Waals surface area contributed by atoms with E-state index in [0.717, 1.165) is 12.1 Å². The van der Waals surface area contributed by atoms with Crippen LogP contribution in [0, 0.1) is 0 Å². The van der Waals surface area contributed by atoms with Gasteiger partial charge in [0.15, 0.2) is 0 Å². The number of carboxylic acid groups (broad SMARTS) is 1. The van der Waals surface area contributed by atoms with Gasteiger partial charge in [0.05, 0.1) is 11.9 Å². The van der Waals surface area contributed by atoms with Crippen molar-refractivity contribution < 1.29 is 32.6 Å². The van der Waals surface area contributed by atoms with E-state index in [4.69, 9.17) is 10.8 Å². The van der Waals surface area contributed by atoms with Crippen LogP contribution in [0.1, 0.15) is 22.6 Å². The first kappa shape index (κ1) is 19.2. The minimum atomic E-state index is -4.86. The number of aliphatic carboxylic acids is 1. The largest absolute Gasteiger partial charge is 0.573 e. The molecule has 3 aromatic rings. The number of rotatable bonds is 6. The summed E-state index contributed by atoms with van der Waals surface area (Å²) < 4.78 is 43.0. The molecule has 0 aliphatic carbocycles. The van der Waals surface area contributed by atoms with Crippen molar-refractivity contribution in [2.75, 3.05) is 0 Å². The zero-order valence-corrected chi connectivity index (χ0v) is 14.2.